The SMILES string of the molecule is C#Cc1cccc(NCc2c(C)cc(C)cc2C)c1. The zero-order valence-electron chi connectivity index (χ0n) is 11.7. The van der Waals surface area contributed by atoms with Crippen molar-refractivity contribution >= 4 is 5.69 Å². The van der Waals surface area contributed by atoms with Crippen LogP contribution < -0.4 is 5.32 Å². The number of hydrogen-bond donors (Lipinski definition) is 1. The number of nitrogens with one attached hydrogen (secondary N) is 1. The molecule has 0 saturated carbocycles. The molecule has 0 unspecified atom stereocenters. The third kappa shape index (κ3) is 3.17. The zero-order valence-corrected chi connectivity index (χ0v) is 11.7. The van der Waals surface area contributed by atoms with Crippen molar-refractivity contribution in [3.63, 3.8) is 0 Å². The Bertz CT molecular complexity index is 609. The summed E-state index contributed by atoms with van der Waals surface area (Å²) in [6.07, 6.45) is 5.41. The Kier molecular flexibility index (Phi) is 3.92. The van der Waals surface area contributed by atoms with Gasteiger partial charge in [0.25, 0.3) is 0 Å². The van der Waals surface area contributed by atoms with Crippen molar-refractivity contribution in [3.8, 4) is 12.3 Å². The Morgan fingerprint density at radius 2 is 1.74 bits per heavy atom. The van der Waals surface area contributed by atoms with Gasteiger partial charge in [-0.1, -0.05) is 29.7 Å². The topological polar surface area (TPSA) is 12.0 Å². The molecule has 19 heavy (non-hydrogen) atoms. The predicted molar refractivity (Wildman–Crippen MR) is 82.4 cm³/mol. The summed E-state index contributed by atoms with van der Waals surface area (Å²) in [5, 5.41) is 3.44. The fourth-order valence-electron chi connectivity index (χ4n) is 2.40. The molecule has 1 heteroatoms. The molecule has 0 aliphatic rings. The molecule has 1 nitrogen and oxygen atoms in total. The summed E-state index contributed by atoms with van der Waals surface area (Å²) in [5.41, 5.74) is 7.30. The van der Waals surface area contributed by atoms with Crippen molar-refractivity contribution in [2.75, 3.05) is 5.32 Å². The Hall–Kier alpha value is -2.20. The van der Waals surface area contributed by atoms with E-state index in [-0.39, 0.29) is 0 Å². The summed E-state index contributed by atoms with van der Waals surface area (Å²) < 4.78 is 0. The normalized spacial score (nSPS) is 10.0. The van der Waals surface area contributed by atoms with Crippen LogP contribution in [-0.2, 0) is 6.54 Å². The van der Waals surface area contributed by atoms with Gasteiger partial charge in [-0.3, -0.25) is 0 Å². The quantitative estimate of drug-likeness (QED) is 0.804. The van der Waals surface area contributed by atoms with Gasteiger partial charge in [-0.15, -0.1) is 6.42 Å². The second kappa shape index (κ2) is 5.63. The van der Waals surface area contributed by atoms with Crippen LogP contribution in [0.3, 0.4) is 0 Å². The van der Waals surface area contributed by atoms with Crippen molar-refractivity contribution in [2.45, 2.75) is 27.3 Å². The lowest BCUT2D eigenvalue weighted by molar-refractivity contribution is 1.08. The van der Waals surface area contributed by atoms with Gasteiger partial charge in [-0.05, 0) is 55.7 Å². The maximum absolute atomic E-state index is 5.41. The van der Waals surface area contributed by atoms with Gasteiger partial charge in [0.05, 0.1) is 0 Å². The highest BCUT2D eigenvalue weighted by atomic mass is 14.9. The van der Waals surface area contributed by atoms with Gasteiger partial charge >= 0.3 is 0 Å². The first-order valence-corrected chi connectivity index (χ1v) is 6.47. The molecule has 0 atom stereocenters. The Balaban J connectivity index is 2.17. The molecule has 0 bridgehead atoms. The molecule has 0 aliphatic carbocycles. The molecule has 2 aromatic rings. The molecule has 1 N–H and O–H groups in total. The van der Waals surface area contributed by atoms with Crippen molar-refractivity contribution < 1.29 is 0 Å². The number of benzene rings is 2. The standard InChI is InChI=1S/C18H19N/c1-5-16-7-6-8-17(11-16)19-12-18-14(3)9-13(2)10-15(18)4/h1,6-11,19H,12H2,2-4H3. The van der Waals surface area contributed by atoms with Crippen LogP contribution in [0.2, 0.25) is 0 Å². The van der Waals surface area contributed by atoms with Gasteiger partial charge in [0.2, 0.25) is 0 Å². The van der Waals surface area contributed by atoms with Crippen LogP contribution in [0, 0.1) is 33.1 Å². The van der Waals surface area contributed by atoms with E-state index in [2.05, 4.69) is 44.1 Å². The number of rotatable bonds is 3. The van der Waals surface area contributed by atoms with E-state index < -0.39 is 0 Å². The van der Waals surface area contributed by atoms with Crippen molar-refractivity contribution in [3.05, 3.63) is 64.2 Å². The summed E-state index contributed by atoms with van der Waals surface area (Å²) in [4.78, 5) is 0. The fraction of sp³-hybridized carbons (Fsp3) is 0.222. The molecule has 0 aromatic heterocycles. The molecule has 0 heterocycles. The van der Waals surface area contributed by atoms with Gasteiger partial charge in [0.1, 0.15) is 0 Å². The van der Waals surface area contributed by atoms with Gasteiger partial charge < -0.3 is 5.32 Å². The minimum absolute atomic E-state index is 0.825. The molecule has 0 spiro atoms. The van der Waals surface area contributed by atoms with Crippen LogP contribution in [0.25, 0.3) is 0 Å². The third-order valence-corrected chi connectivity index (χ3v) is 3.34. The lowest BCUT2D eigenvalue weighted by atomic mass is 10.00. The summed E-state index contributed by atoms with van der Waals surface area (Å²) in [5.74, 6) is 2.66. The molecule has 2 rings (SSSR count). The van der Waals surface area contributed by atoms with Crippen molar-refractivity contribution in [2.24, 2.45) is 0 Å². The first-order chi connectivity index (χ1) is 9.10. The van der Waals surface area contributed by atoms with E-state index in [4.69, 9.17) is 6.42 Å². The van der Waals surface area contributed by atoms with Crippen molar-refractivity contribution in [1.82, 2.24) is 0 Å². The van der Waals surface area contributed by atoms with E-state index in [0.29, 0.717) is 0 Å². The molecular weight excluding hydrogens is 230 g/mol. The highest BCUT2D eigenvalue weighted by molar-refractivity contribution is 5.51. The van der Waals surface area contributed by atoms with Crippen LogP contribution in [0.5, 0.6) is 0 Å². The van der Waals surface area contributed by atoms with E-state index in [1.54, 1.807) is 0 Å². The molecule has 0 radical (unpaired) electrons. The lowest BCUT2D eigenvalue weighted by Crippen LogP contribution is -2.04. The highest BCUT2D eigenvalue weighted by Crippen LogP contribution is 2.18. The van der Waals surface area contributed by atoms with Crippen molar-refractivity contribution in [1.29, 1.82) is 0 Å². The molecule has 0 amide bonds. The smallest absolute Gasteiger partial charge is 0.0406 e. The zero-order chi connectivity index (χ0) is 13.8. The summed E-state index contributed by atoms with van der Waals surface area (Å²) in [6.45, 7) is 7.28. The second-order valence-corrected chi connectivity index (χ2v) is 4.96. The number of hydrogen-bond acceptors (Lipinski definition) is 1. The number of anilines is 1. The van der Waals surface area contributed by atoms with Crippen LogP contribution >= 0.6 is 0 Å². The predicted octanol–water partition coefficient (Wildman–Crippen LogP) is 4.21. The Morgan fingerprint density at radius 1 is 1.05 bits per heavy atom. The first-order valence-electron chi connectivity index (χ1n) is 6.47. The van der Waals surface area contributed by atoms with E-state index >= 15 is 0 Å². The van der Waals surface area contributed by atoms with Crippen LogP contribution in [0.1, 0.15) is 27.8 Å². The lowest BCUT2D eigenvalue weighted by Gasteiger charge is -2.13. The second-order valence-electron chi connectivity index (χ2n) is 4.96. The molecular formula is C18H19N. The molecule has 96 valence electrons. The maximum atomic E-state index is 5.41. The Morgan fingerprint density at radius 3 is 2.37 bits per heavy atom. The minimum atomic E-state index is 0.825. The van der Waals surface area contributed by atoms with Gasteiger partial charge in [-0.2, -0.15) is 0 Å². The van der Waals surface area contributed by atoms with Crippen LogP contribution in [0.4, 0.5) is 5.69 Å². The van der Waals surface area contributed by atoms with Crippen LogP contribution in [-0.4, -0.2) is 0 Å². The van der Waals surface area contributed by atoms with Gasteiger partial charge in [-0.25, -0.2) is 0 Å². The molecule has 0 aliphatic heterocycles. The van der Waals surface area contributed by atoms with E-state index in [0.717, 1.165) is 17.8 Å². The average Bonchev–Trinajstić information content (AvgIpc) is 2.37. The number of terminal acetylenes is 1. The largest absolute Gasteiger partial charge is 0.381 e. The fourth-order valence-corrected chi connectivity index (χ4v) is 2.40. The average molecular weight is 249 g/mol. The maximum Gasteiger partial charge on any atom is 0.0406 e. The number of aryl methyl sites for hydroxylation is 3. The summed E-state index contributed by atoms with van der Waals surface area (Å²) in [7, 11) is 0. The van der Waals surface area contributed by atoms with E-state index in [1.165, 1.54) is 22.3 Å². The van der Waals surface area contributed by atoms with Gasteiger partial charge in [0, 0.05) is 17.8 Å². The monoisotopic (exact) mass is 249 g/mol. The summed E-state index contributed by atoms with van der Waals surface area (Å²) >= 11 is 0. The molecule has 2 aromatic carbocycles. The molecule has 0 saturated heterocycles. The summed E-state index contributed by atoms with van der Waals surface area (Å²) in [6, 6.07) is 12.4. The Labute approximate surface area is 115 Å². The first kappa shape index (κ1) is 13.2. The van der Waals surface area contributed by atoms with E-state index in [9.17, 15) is 0 Å². The van der Waals surface area contributed by atoms with E-state index in [1.807, 2.05) is 24.3 Å². The molecule has 0 fully saturated rings. The van der Waals surface area contributed by atoms with Crippen LogP contribution in [0.15, 0.2) is 36.4 Å². The van der Waals surface area contributed by atoms with Gasteiger partial charge in [0.15, 0.2) is 0 Å². The third-order valence-electron chi connectivity index (χ3n) is 3.34. The minimum Gasteiger partial charge on any atom is -0.381 e. The highest BCUT2D eigenvalue weighted by Gasteiger charge is 2.03.